The maximum Gasteiger partial charge on any atom is 0.411 e. The Balaban J connectivity index is 0.000000201. The van der Waals surface area contributed by atoms with Gasteiger partial charge in [-0.15, -0.1) is 0 Å². The van der Waals surface area contributed by atoms with Gasteiger partial charge in [0.05, 0.1) is 0 Å². The highest BCUT2D eigenvalue weighted by Gasteiger charge is 2.72. The van der Waals surface area contributed by atoms with Crippen LogP contribution in [-0.2, 0) is 5.41 Å². The Morgan fingerprint density at radius 3 is 0.771 bits per heavy atom. The number of ether oxygens (including phenoxy) is 1. The minimum Gasteiger partial charge on any atom is -0.457 e. The summed E-state index contributed by atoms with van der Waals surface area (Å²) in [6, 6.07) is 56.9. The van der Waals surface area contributed by atoms with E-state index in [1.807, 2.05) is 111 Å². The van der Waals surface area contributed by atoms with Crippen molar-refractivity contribution in [2.75, 3.05) is 0 Å². The topological polar surface area (TPSA) is 26.3 Å². The maximum absolute atomic E-state index is 13.7. The summed E-state index contributed by atoms with van der Waals surface area (Å²) in [5.41, 5.74) is 7.07. The van der Waals surface area contributed by atoms with Gasteiger partial charge in [-0.05, 0) is 105 Å². The van der Waals surface area contributed by atoms with Gasteiger partial charge in [-0.25, -0.2) is 0 Å². The van der Waals surface area contributed by atoms with Crippen molar-refractivity contribution in [3.05, 3.63) is 272 Å². The summed E-state index contributed by atoms with van der Waals surface area (Å²) < 4.78 is 88.0. The summed E-state index contributed by atoms with van der Waals surface area (Å²) in [4.78, 5) is 12.1. The monoisotopic (exact) mass is 952 g/mol. The van der Waals surface area contributed by atoms with E-state index in [0.29, 0.717) is 11.1 Å². The Morgan fingerprint density at radius 1 is 0.314 bits per heavy atom. The van der Waals surface area contributed by atoms with E-state index in [1.54, 1.807) is 13.8 Å². The molecular weight excluding hydrogens is 891 g/mol. The highest BCUT2D eigenvalue weighted by molar-refractivity contribution is 6.09. The number of alkyl halides is 6. The first kappa shape index (κ1) is 55.4. The standard InChI is InChI=1S/C17H14F6.C15H14O.C14H14O.2C8H10/c1-11-3-7-13(8-4-11)15(16(18,19)20,17(21,22)23)14-9-5-12(2)6-10-14;1-11-3-7-13(8-4-11)15(16)14-9-5-12(2)6-10-14;1-11-3-7-13(8-4-11)15-14-9-5-12(2)6-10-14;1-7-3-5-8(2)6-4-7;1-7-4-3-5-8(2)6-7/h3-10H,1-2H3;3-10H,1-2H3;3-10H,1-2H3;2*3-6H,1-2H3. The van der Waals surface area contributed by atoms with Crippen LogP contribution in [0.4, 0.5) is 26.3 Å². The van der Waals surface area contributed by atoms with Crippen molar-refractivity contribution < 1.29 is 35.9 Å². The molecule has 8 aromatic carbocycles. The first-order valence-corrected chi connectivity index (χ1v) is 22.8. The van der Waals surface area contributed by atoms with Crippen LogP contribution in [-0.4, -0.2) is 18.1 Å². The van der Waals surface area contributed by atoms with Crippen LogP contribution >= 0.6 is 0 Å². The highest BCUT2D eigenvalue weighted by atomic mass is 19.4. The third kappa shape index (κ3) is 16.5. The number of rotatable bonds is 6. The molecule has 0 heterocycles. The number of benzene rings is 8. The fourth-order valence-electron chi connectivity index (χ4n) is 6.96. The van der Waals surface area contributed by atoms with Gasteiger partial charge in [0, 0.05) is 11.1 Å². The lowest BCUT2D eigenvalue weighted by Gasteiger charge is -2.38. The molecule has 0 N–H and O–H groups in total. The third-order valence-corrected chi connectivity index (χ3v) is 11.1. The van der Waals surface area contributed by atoms with Crippen LogP contribution in [0.1, 0.15) is 82.7 Å². The Kier molecular flexibility index (Phi) is 20.1. The smallest absolute Gasteiger partial charge is 0.411 e. The number of hydrogen-bond donors (Lipinski definition) is 0. The van der Waals surface area contributed by atoms with Crippen molar-refractivity contribution in [3.8, 4) is 11.5 Å². The summed E-state index contributed by atoms with van der Waals surface area (Å²) in [5, 5.41) is 0. The van der Waals surface area contributed by atoms with E-state index in [2.05, 4.69) is 90.1 Å². The van der Waals surface area contributed by atoms with Crippen LogP contribution in [0.25, 0.3) is 0 Å². The van der Waals surface area contributed by atoms with E-state index in [9.17, 15) is 31.1 Å². The minimum atomic E-state index is -5.53. The van der Waals surface area contributed by atoms with Gasteiger partial charge in [-0.3, -0.25) is 4.79 Å². The van der Waals surface area contributed by atoms with Crippen molar-refractivity contribution >= 4 is 5.78 Å². The van der Waals surface area contributed by atoms with Crippen LogP contribution in [0.15, 0.2) is 194 Å². The first-order valence-electron chi connectivity index (χ1n) is 22.8. The molecule has 0 atom stereocenters. The van der Waals surface area contributed by atoms with E-state index < -0.39 is 28.9 Å². The van der Waals surface area contributed by atoms with Crippen LogP contribution < -0.4 is 4.74 Å². The normalized spacial score (nSPS) is 10.9. The molecule has 0 amide bonds. The quantitative estimate of drug-likeness (QED) is 0.123. The van der Waals surface area contributed by atoms with E-state index >= 15 is 0 Å². The molecule has 70 heavy (non-hydrogen) atoms. The summed E-state index contributed by atoms with van der Waals surface area (Å²) in [6.07, 6.45) is -11.1. The molecule has 364 valence electrons. The Hall–Kier alpha value is -7.19. The molecule has 0 aromatic heterocycles. The number of carbonyl (C=O) groups is 1. The summed E-state index contributed by atoms with van der Waals surface area (Å²) in [6.45, 7) is 19.8. The Morgan fingerprint density at radius 2 is 0.543 bits per heavy atom. The molecule has 0 aliphatic rings. The number of ketones is 1. The molecule has 8 heteroatoms. The van der Waals surface area contributed by atoms with Gasteiger partial charge in [0.2, 0.25) is 5.41 Å². The summed E-state index contributed by atoms with van der Waals surface area (Å²) >= 11 is 0. The highest BCUT2D eigenvalue weighted by Crippen LogP contribution is 2.56. The molecule has 8 rings (SSSR count). The average molecular weight is 953 g/mol. The third-order valence-electron chi connectivity index (χ3n) is 11.1. The van der Waals surface area contributed by atoms with Gasteiger partial charge >= 0.3 is 12.4 Å². The SMILES string of the molecule is Cc1ccc(C(=O)c2ccc(C)cc2)cc1.Cc1ccc(C(c2ccc(C)cc2)(C(F)(F)F)C(F)(F)F)cc1.Cc1ccc(C)cc1.Cc1ccc(Oc2ccc(C)cc2)cc1.Cc1cccc(C)c1. The lowest BCUT2D eigenvalue weighted by molar-refractivity contribution is -0.288. The molecule has 0 saturated heterocycles. The molecule has 2 nitrogen and oxygen atoms in total. The van der Waals surface area contributed by atoms with Crippen molar-refractivity contribution in [2.24, 2.45) is 0 Å². The van der Waals surface area contributed by atoms with Crippen LogP contribution in [0.5, 0.6) is 11.5 Å². The minimum absolute atomic E-state index is 0.0833. The van der Waals surface area contributed by atoms with E-state index in [4.69, 9.17) is 4.74 Å². The molecule has 0 aliphatic carbocycles. The fraction of sp³-hybridized carbons (Fsp3) is 0.210. The summed E-state index contributed by atoms with van der Waals surface area (Å²) in [7, 11) is 0. The Bertz CT molecular complexity index is 2620. The second-order valence-electron chi connectivity index (χ2n) is 17.6. The van der Waals surface area contributed by atoms with Gasteiger partial charge in [0.1, 0.15) is 11.5 Å². The predicted octanol–water partition coefficient (Wildman–Crippen LogP) is 18.0. The zero-order chi connectivity index (χ0) is 51.6. The largest absolute Gasteiger partial charge is 0.457 e. The zero-order valence-corrected chi connectivity index (χ0v) is 41.6. The molecule has 8 aromatic rings. The molecule has 0 aliphatic heterocycles. The van der Waals surface area contributed by atoms with Crippen LogP contribution in [0, 0.1) is 69.2 Å². The van der Waals surface area contributed by atoms with Gasteiger partial charge < -0.3 is 4.74 Å². The molecule has 0 radical (unpaired) electrons. The number of carbonyl (C=O) groups excluding carboxylic acids is 1. The lowest BCUT2D eigenvalue weighted by Crippen LogP contribution is -2.54. The number of hydrogen-bond acceptors (Lipinski definition) is 2. The van der Waals surface area contributed by atoms with Crippen molar-refractivity contribution in [2.45, 2.75) is 87.0 Å². The molecule has 0 saturated carbocycles. The van der Waals surface area contributed by atoms with E-state index in [1.165, 1.54) is 68.8 Å². The predicted molar refractivity (Wildman–Crippen MR) is 275 cm³/mol. The Labute approximate surface area is 410 Å². The molecule has 0 fully saturated rings. The van der Waals surface area contributed by atoms with E-state index in [-0.39, 0.29) is 5.78 Å². The van der Waals surface area contributed by atoms with Crippen molar-refractivity contribution in [1.29, 1.82) is 0 Å². The van der Waals surface area contributed by atoms with Crippen LogP contribution in [0.3, 0.4) is 0 Å². The average Bonchev–Trinajstić information content (AvgIpc) is 3.30. The molecule has 0 spiro atoms. The fourth-order valence-corrected chi connectivity index (χ4v) is 6.96. The second-order valence-corrected chi connectivity index (χ2v) is 17.6. The maximum atomic E-state index is 13.7. The molecular formula is C62H62F6O2. The second kappa shape index (κ2) is 25.4. The lowest BCUT2D eigenvalue weighted by atomic mass is 9.72. The van der Waals surface area contributed by atoms with Gasteiger partial charge in [0.15, 0.2) is 5.78 Å². The number of halogens is 6. The van der Waals surface area contributed by atoms with Gasteiger partial charge in [-0.2, -0.15) is 26.3 Å². The zero-order valence-electron chi connectivity index (χ0n) is 41.6. The van der Waals surface area contributed by atoms with E-state index in [0.717, 1.165) is 46.9 Å². The van der Waals surface area contributed by atoms with Crippen molar-refractivity contribution in [3.63, 3.8) is 0 Å². The van der Waals surface area contributed by atoms with Gasteiger partial charge in [0.25, 0.3) is 0 Å². The summed E-state index contributed by atoms with van der Waals surface area (Å²) in [5.74, 6) is 1.84. The van der Waals surface area contributed by atoms with Crippen LogP contribution in [0.2, 0.25) is 0 Å². The van der Waals surface area contributed by atoms with Crippen molar-refractivity contribution in [1.82, 2.24) is 0 Å². The first-order chi connectivity index (χ1) is 33.0. The molecule has 0 bridgehead atoms. The molecule has 0 unspecified atom stereocenters. The number of aryl methyl sites for hydroxylation is 10. The van der Waals surface area contributed by atoms with Gasteiger partial charge in [-0.1, -0.05) is 225 Å².